The molecule has 7 nitrogen and oxygen atoms in total. The van der Waals surface area contributed by atoms with Crippen LogP contribution in [-0.4, -0.2) is 49.1 Å². The molecule has 1 amide bonds. The highest BCUT2D eigenvalue weighted by atomic mass is 16.2. The minimum Gasteiger partial charge on any atom is -0.337 e. The average Bonchev–Trinajstić information content (AvgIpc) is 3.25. The van der Waals surface area contributed by atoms with E-state index in [-0.39, 0.29) is 5.91 Å². The normalized spacial score (nSPS) is 17.7. The molecule has 0 saturated carbocycles. The summed E-state index contributed by atoms with van der Waals surface area (Å²) in [4.78, 5) is 14.8. The molecular weight excluding hydrogens is 328 g/mol. The molecule has 26 heavy (non-hydrogen) atoms. The van der Waals surface area contributed by atoms with Crippen LogP contribution in [0.25, 0.3) is 0 Å². The molecule has 0 bridgehead atoms. The van der Waals surface area contributed by atoms with E-state index in [1.165, 1.54) is 6.42 Å². The zero-order valence-electron chi connectivity index (χ0n) is 16.2. The minimum atomic E-state index is 0.0466. The average molecular weight is 358 g/mol. The highest BCUT2D eigenvalue weighted by Gasteiger charge is 2.27. The number of unbranched alkanes of at least 4 members (excludes halogenated alkanes) is 1. The maximum Gasteiger partial charge on any atom is 0.274 e. The van der Waals surface area contributed by atoms with Gasteiger partial charge in [0.1, 0.15) is 0 Å². The summed E-state index contributed by atoms with van der Waals surface area (Å²) in [6, 6.07) is 0. The van der Waals surface area contributed by atoms with Gasteiger partial charge in [-0.25, -0.2) is 0 Å². The lowest BCUT2D eigenvalue weighted by atomic mass is 9.97. The van der Waals surface area contributed by atoms with Crippen LogP contribution >= 0.6 is 0 Å². The molecule has 3 heterocycles. The van der Waals surface area contributed by atoms with E-state index < -0.39 is 0 Å². The second kappa shape index (κ2) is 8.47. The van der Waals surface area contributed by atoms with Gasteiger partial charge in [-0.1, -0.05) is 25.5 Å². The third-order valence-electron chi connectivity index (χ3n) is 5.29. The number of nitrogens with one attached hydrogen (secondary N) is 1. The summed E-state index contributed by atoms with van der Waals surface area (Å²) in [6.07, 6.45) is 8.37. The Balaban J connectivity index is 1.60. The van der Waals surface area contributed by atoms with E-state index in [4.69, 9.17) is 0 Å². The summed E-state index contributed by atoms with van der Waals surface area (Å²) in [5, 5.41) is 15.8. The summed E-state index contributed by atoms with van der Waals surface area (Å²) in [6.45, 7) is 8.62. The molecule has 1 N–H and O–H groups in total. The number of H-pyrrole nitrogens is 1. The molecule has 0 spiro atoms. The number of aromatic amines is 1. The third kappa shape index (κ3) is 4.14. The lowest BCUT2D eigenvalue weighted by Crippen LogP contribution is -2.41. The van der Waals surface area contributed by atoms with Gasteiger partial charge in [-0.3, -0.25) is 14.6 Å². The van der Waals surface area contributed by atoms with E-state index in [0.717, 1.165) is 68.7 Å². The molecule has 2 aromatic heterocycles. The van der Waals surface area contributed by atoms with Crippen molar-refractivity contribution in [2.75, 3.05) is 13.1 Å². The molecule has 7 heteroatoms. The number of carbonyl (C=O) groups excluding carboxylic acids is 1. The smallest absolute Gasteiger partial charge is 0.274 e. The predicted molar refractivity (Wildman–Crippen MR) is 100.0 cm³/mol. The number of nitrogens with zero attached hydrogens (tertiary/aromatic N) is 5. The molecule has 2 aromatic rings. The van der Waals surface area contributed by atoms with Gasteiger partial charge in [0.05, 0.1) is 5.69 Å². The van der Waals surface area contributed by atoms with Gasteiger partial charge >= 0.3 is 0 Å². The van der Waals surface area contributed by atoms with Crippen LogP contribution in [0.3, 0.4) is 0 Å². The van der Waals surface area contributed by atoms with E-state index in [1.807, 2.05) is 16.5 Å². The first-order valence-corrected chi connectivity index (χ1v) is 9.84. The molecule has 1 unspecified atom stereocenters. The summed E-state index contributed by atoms with van der Waals surface area (Å²) >= 11 is 0. The van der Waals surface area contributed by atoms with E-state index >= 15 is 0 Å². The van der Waals surface area contributed by atoms with Gasteiger partial charge in [-0.2, -0.15) is 5.10 Å². The number of rotatable bonds is 7. The fourth-order valence-electron chi connectivity index (χ4n) is 3.70. The van der Waals surface area contributed by atoms with Crippen molar-refractivity contribution in [3.05, 3.63) is 28.8 Å². The Morgan fingerprint density at radius 3 is 2.96 bits per heavy atom. The standard InChI is InChI=1S/C19H30N6O/c1-4-6-9-16-13-25(23-20-16)12-15-8-7-10-24(11-15)19(26)18-14(3)17(5-2)21-22-18/h13,15H,4-12H2,1-3H3,(H,21,22). The Morgan fingerprint density at radius 2 is 2.23 bits per heavy atom. The van der Waals surface area contributed by atoms with Crippen LogP contribution in [0.5, 0.6) is 0 Å². The number of amides is 1. The van der Waals surface area contributed by atoms with E-state index in [0.29, 0.717) is 11.6 Å². The lowest BCUT2D eigenvalue weighted by molar-refractivity contribution is 0.0652. The van der Waals surface area contributed by atoms with Crippen molar-refractivity contribution in [2.24, 2.45) is 5.92 Å². The summed E-state index contributed by atoms with van der Waals surface area (Å²) < 4.78 is 1.94. The van der Waals surface area contributed by atoms with Gasteiger partial charge in [0.15, 0.2) is 5.69 Å². The van der Waals surface area contributed by atoms with Crippen LogP contribution in [0.2, 0.25) is 0 Å². The molecule has 0 radical (unpaired) electrons. The van der Waals surface area contributed by atoms with Crippen molar-refractivity contribution in [1.29, 1.82) is 0 Å². The first-order chi connectivity index (χ1) is 12.6. The SMILES string of the molecule is CCCCc1cn(CC2CCCN(C(=O)c3n[nH]c(CC)c3C)C2)nn1. The number of hydrogen-bond donors (Lipinski definition) is 1. The number of hydrogen-bond acceptors (Lipinski definition) is 4. The van der Waals surface area contributed by atoms with E-state index in [9.17, 15) is 4.79 Å². The van der Waals surface area contributed by atoms with Crippen molar-refractivity contribution in [2.45, 2.75) is 65.8 Å². The number of carbonyl (C=O) groups is 1. The van der Waals surface area contributed by atoms with Gasteiger partial charge in [0.25, 0.3) is 5.91 Å². The van der Waals surface area contributed by atoms with Crippen LogP contribution in [0.1, 0.15) is 67.0 Å². The number of aromatic nitrogens is 5. The zero-order valence-corrected chi connectivity index (χ0v) is 16.2. The Hall–Kier alpha value is -2.18. The molecule has 0 aliphatic carbocycles. The number of likely N-dealkylation sites (tertiary alicyclic amines) is 1. The Kier molecular flexibility index (Phi) is 6.06. The molecule has 1 fully saturated rings. The van der Waals surface area contributed by atoms with Crippen LogP contribution < -0.4 is 0 Å². The largest absolute Gasteiger partial charge is 0.337 e. The quantitative estimate of drug-likeness (QED) is 0.825. The first kappa shape index (κ1) is 18.6. The zero-order chi connectivity index (χ0) is 18.5. The maximum atomic E-state index is 12.9. The highest BCUT2D eigenvalue weighted by Crippen LogP contribution is 2.21. The van der Waals surface area contributed by atoms with Gasteiger partial charge in [-0.05, 0) is 44.9 Å². The Bertz CT molecular complexity index is 734. The van der Waals surface area contributed by atoms with Gasteiger partial charge < -0.3 is 4.90 Å². The molecule has 142 valence electrons. The Labute approximate surface area is 155 Å². The van der Waals surface area contributed by atoms with Gasteiger partial charge in [0.2, 0.25) is 0 Å². The van der Waals surface area contributed by atoms with Crippen molar-refractivity contribution < 1.29 is 4.79 Å². The molecule has 1 aliphatic rings. The first-order valence-electron chi connectivity index (χ1n) is 9.84. The van der Waals surface area contributed by atoms with Crippen molar-refractivity contribution in [3.63, 3.8) is 0 Å². The number of piperidine rings is 1. The van der Waals surface area contributed by atoms with Crippen LogP contribution in [0.4, 0.5) is 0 Å². The number of aryl methyl sites for hydroxylation is 2. The fraction of sp³-hybridized carbons (Fsp3) is 0.684. The van der Waals surface area contributed by atoms with Crippen LogP contribution in [0, 0.1) is 12.8 Å². The maximum absolute atomic E-state index is 12.9. The van der Waals surface area contributed by atoms with Crippen molar-refractivity contribution in [3.8, 4) is 0 Å². The van der Waals surface area contributed by atoms with Gasteiger partial charge in [0, 0.05) is 37.1 Å². The summed E-state index contributed by atoms with van der Waals surface area (Å²) in [5.74, 6) is 0.462. The fourth-order valence-corrected chi connectivity index (χ4v) is 3.70. The second-order valence-corrected chi connectivity index (χ2v) is 7.32. The minimum absolute atomic E-state index is 0.0466. The molecule has 1 aliphatic heterocycles. The van der Waals surface area contributed by atoms with E-state index in [1.54, 1.807) is 0 Å². The van der Waals surface area contributed by atoms with Crippen molar-refractivity contribution >= 4 is 5.91 Å². The lowest BCUT2D eigenvalue weighted by Gasteiger charge is -2.32. The molecular formula is C19H30N6O. The predicted octanol–water partition coefficient (Wildman–Crippen LogP) is 2.77. The van der Waals surface area contributed by atoms with Crippen LogP contribution in [0.15, 0.2) is 6.20 Å². The molecule has 0 aromatic carbocycles. The molecule has 1 saturated heterocycles. The third-order valence-corrected chi connectivity index (χ3v) is 5.29. The topological polar surface area (TPSA) is 79.7 Å². The Morgan fingerprint density at radius 1 is 1.38 bits per heavy atom. The second-order valence-electron chi connectivity index (χ2n) is 7.32. The summed E-state index contributed by atoms with van der Waals surface area (Å²) in [5.41, 5.74) is 3.67. The van der Waals surface area contributed by atoms with Crippen molar-refractivity contribution in [1.82, 2.24) is 30.1 Å². The molecule has 3 rings (SSSR count). The monoisotopic (exact) mass is 358 g/mol. The van der Waals surface area contributed by atoms with Crippen LogP contribution in [-0.2, 0) is 19.4 Å². The van der Waals surface area contributed by atoms with E-state index in [2.05, 4.69) is 40.6 Å². The summed E-state index contributed by atoms with van der Waals surface area (Å²) in [7, 11) is 0. The highest BCUT2D eigenvalue weighted by molar-refractivity contribution is 5.94. The van der Waals surface area contributed by atoms with Gasteiger partial charge in [-0.15, -0.1) is 5.10 Å². The molecule has 1 atom stereocenters.